The number of halogens is 3. The summed E-state index contributed by atoms with van der Waals surface area (Å²) in [6, 6.07) is 4.57. The van der Waals surface area contributed by atoms with E-state index in [1.54, 1.807) is 19.1 Å². The van der Waals surface area contributed by atoms with Crippen molar-refractivity contribution in [2.45, 2.75) is 32.9 Å². The molecule has 0 saturated carbocycles. The molecule has 0 radical (unpaired) electrons. The topological polar surface area (TPSA) is 13.1 Å². The van der Waals surface area contributed by atoms with Crippen molar-refractivity contribution in [2.75, 3.05) is 0 Å². The van der Waals surface area contributed by atoms with Crippen LogP contribution in [0.4, 0.5) is 13.2 Å². The molecule has 1 aromatic carbocycles. The number of benzene rings is 1. The molecule has 0 aliphatic rings. The molecular weight excluding hydrogens is 229 g/mol. The first-order chi connectivity index (χ1) is 7.79. The van der Waals surface area contributed by atoms with Crippen molar-refractivity contribution < 1.29 is 17.6 Å². The molecule has 0 N–H and O–H groups in total. The number of hydrogen-bond donors (Lipinski definition) is 0. The third-order valence-electron chi connectivity index (χ3n) is 2.73. The minimum atomic E-state index is -4.38. The van der Waals surface area contributed by atoms with Crippen LogP contribution >= 0.6 is 0 Å². The van der Waals surface area contributed by atoms with Gasteiger partial charge in [0.1, 0.15) is 11.3 Å². The van der Waals surface area contributed by atoms with Crippen molar-refractivity contribution >= 4 is 11.0 Å². The first-order valence-corrected chi connectivity index (χ1v) is 5.40. The maximum absolute atomic E-state index is 12.9. The van der Waals surface area contributed by atoms with Gasteiger partial charge >= 0.3 is 6.18 Å². The van der Waals surface area contributed by atoms with Crippen LogP contribution in [0.1, 0.15) is 36.7 Å². The summed E-state index contributed by atoms with van der Waals surface area (Å²) >= 11 is 0. The normalized spacial score (nSPS) is 12.6. The third kappa shape index (κ3) is 2.16. The Morgan fingerprint density at radius 2 is 1.76 bits per heavy atom. The van der Waals surface area contributed by atoms with E-state index < -0.39 is 11.7 Å². The molecule has 1 nitrogen and oxygen atoms in total. The molecule has 1 aromatic heterocycles. The Hall–Kier alpha value is -1.45. The summed E-state index contributed by atoms with van der Waals surface area (Å²) in [4.78, 5) is 0. The number of furan rings is 1. The van der Waals surface area contributed by atoms with Crippen molar-refractivity contribution in [2.24, 2.45) is 0 Å². The molecule has 0 aliphatic heterocycles. The van der Waals surface area contributed by atoms with Gasteiger partial charge in [0.25, 0.3) is 0 Å². The predicted molar refractivity (Wildman–Crippen MR) is 60.0 cm³/mol. The van der Waals surface area contributed by atoms with Crippen LogP contribution in [0, 0.1) is 6.92 Å². The Labute approximate surface area is 97.2 Å². The van der Waals surface area contributed by atoms with Gasteiger partial charge in [0.15, 0.2) is 0 Å². The molecule has 17 heavy (non-hydrogen) atoms. The lowest BCUT2D eigenvalue weighted by Crippen LogP contribution is -2.06. The van der Waals surface area contributed by atoms with Crippen LogP contribution in [0.25, 0.3) is 11.0 Å². The summed E-state index contributed by atoms with van der Waals surface area (Å²) in [5, 5.41) is 0.515. The van der Waals surface area contributed by atoms with Gasteiger partial charge in [0, 0.05) is 5.39 Å². The number of aryl methyl sites for hydroxylation is 1. The number of fused-ring (bicyclic) bond motifs is 1. The van der Waals surface area contributed by atoms with Gasteiger partial charge in [-0.25, -0.2) is 0 Å². The van der Waals surface area contributed by atoms with E-state index >= 15 is 0 Å². The minimum Gasteiger partial charge on any atom is -0.461 e. The highest BCUT2D eigenvalue weighted by atomic mass is 19.4. The summed E-state index contributed by atoms with van der Waals surface area (Å²) in [6.07, 6.45) is -4.38. The number of rotatable bonds is 1. The van der Waals surface area contributed by atoms with Crippen LogP contribution in [0.5, 0.6) is 0 Å². The lowest BCUT2D eigenvalue weighted by Gasteiger charge is -2.11. The van der Waals surface area contributed by atoms with Crippen LogP contribution in [-0.2, 0) is 6.18 Å². The van der Waals surface area contributed by atoms with Crippen molar-refractivity contribution in [3.05, 3.63) is 35.1 Å². The Bertz CT molecular complexity index is 550. The minimum absolute atomic E-state index is 0.0516. The van der Waals surface area contributed by atoms with E-state index in [1.165, 1.54) is 6.07 Å². The Kier molecular flexibility index (Phi) is 2.68. The molecule has 0 spiro atoms. The van der Waals surface area contributed by atoms with Crippen molar-refractivity contribution in [3.63, 3.8) is 0 Å². The SMILES string of the molecule is Cc1cc2cc(C(C)C)cc(C(F)(F)F)c2o1. The van der Waals surface area contributed by atoms with E-state index in [4.69, 9.17) is 4.42 Å². The van der Waals surface area contributed by atoms with Gasteiger partial charge in [-0.2, -0.15) is 13.2 Å². The molecule has 0 fully saturated rings. The standard InChI is InChI=1S/C13H13F3O/c1-7(2)9-5-10-4-8(3)17-12(10)11(6-9)13(14,15)16/h4-7H,1-3H3. The first-order valence-electron chi connectivity index (χ1n) is 5.40. The maximum Gasteiger partial charge on any atom is 0.420 e. The molecule has 2 aromatic rings. The quantitative estimate of drug-likeness (QED) is 0.694. The van der Waals surface area contributed by atoms with Crippen molar-refractivity contribution in [1.29, 1.82) is 0 Å². The van der Waals surface area contributed by atoms with Crippen LogP contribution in [0.2, 0.25) is 0 Å². The molecule has 0 saturated heterocycles. The van der Waals surface area contributed by atoms with Gasteiger partial charge in [-0.15, -0.1) is 0 Å². The smallest absolute Gasteiger partial charge is 0.420 e. The van der Waals surface area contributed by atoms with Gasteiger partial charge in [-0.3, -0.25) is 0 Å². The zero-order chi connectivity index (χ0) is 12.8. The highest BCUT2D eigenvalue weighted by Gasteiger charge is 2.35. The van der Waals surface area contributed by atoms with Crippen LogP contribution in [0.3, 0.4) is 0 Å². The molecule has 0 aliphatic carbocycles. The van der Waals surface area contributed by atoms with Gasteiger partial charge in [0.2, 0.25) is 0 Å². The lowest BCUT2D eigenvalue weighted by atomic mass is 9.98. The monoisotopic (exact) mass is 242 g/mol. The zero-order valence-electron chi connectivity index (χ0n) is 9.85. The molecule has 1 heterocycles. The first kappa shape index (κ1) is 12.0. The average Bonchev–Trinajstić information content (AvgIpc) is 2.54. The average molecular weight is 242 g/mol. The van der Waals surface area contributed by atoms with E-state index in [0.29, 0.717) is 16.7 Å². The number of hydrogen-bond acceptors (Lipinski definition) is 1. The lowest BCUT2D eigenvalue weighted by molar-refractivity contribution is -0.136. The molecular formula is C13H13F3O. The Morgan fingerprint density at radius 3 is 2.29 bits per heavy atom. The van der Waals surface area contributed by atoms with Crippen LogP contribution in [-0.4, -0.2) is 0 Å². The largest absolute Gasteiger partial charge is 0.461 e. The second-order valence-corrected chi connectivity index (χ2v) is 4.50. The van der Waals surface area contributed by atoms with E-state index in [-0.39, 0.29) is 11.5 Å². The molecule has 4 heteroatoms. The maximum atomic E-state index is 12.9. The fourth-order valence-corrected chi connectivity index (χ4v) is 1.85. The van der Waals surface area contributed by atoms with Crippen molar-refractivity contribution in [1.82, 2.24) is 0 Å². The van der Waals surface area contributed by atoms with Crippen LogP contribution in [0.15, 0.2) is 22.6 Å². The molecule has 0 amide bonds. The second kappa shape index (κ2) is 3.79. The van der Waals surface area contributed by atoms with Gasteiger partial charge in [-0.05, 0) is 36.6 Å². The summed E-state index contributed by atoms with van der Waals surface area (Å²) in [7, 11) is 0. The van der Waals surface area contributed by atoms with E-state index in [1.807, 2.05) is 13.8 Å². The number of alkyl halides is 3. The highest BCUT2D eigenvalue weighted by Crippen LogP contribution is 2.38. The second-order valence-electron chi connectivity index (χ2n) is 4.50. The van der Waals surface area contributed by atoms with Gasteiger partial charge in [0.05, 0.1) is 5.56 Å². The fourth-order valence-electron chi connectivity index (χ4n) is 1.85. The Balaban J connectivity index is 2.78. The molecule has 0 bridgehead atoms. The summed E-state index contributed by atoms with van der Waals surface area (Å²) in [5.74, 6) is 0.544. The highest BCUT2D eigenvalue weighted by molar-refractivity contribution is 5.82. The fraction of sp³-hybridized carbons (Fsp3) is 0.385. The van der Waals surface area contributed by atoms with Gasteiger partial charge < -0.3 is 4.42 Å². The predicted octanol–water partition coefficient (Wildman–Crippen LogP) is 4.88. The molecule has 92 valence electrons. The summed E-state index contributed by atoms with van der Waals surface area (Å²) in [6.45, 7) is 5.39. The molecule has 2 rings (SSSR count). The molecule has 0 unspecified atom stereocenters. The van der Waals surface area contributed by atoms with Crippen LogP contribution < -0.4 is 0 Å². The van der Waals surface area contributed by atoms with Gasteiger partial charge in [-0.1, -0.05) is 13.8 Å². The summed E-state index contributed by atoms with van der Waals surface area (Å²) < 4.78 is 43.9. The zero-order valence-corrected chi connectivity index (χ0v) is 9.85. The molecule has 0 atom stereocenters. The van der Waals surface area contributed by atoms with E-state index in [2.05, 4.69) is 0 Å². The summed E-state index contributed by atoms with van der Waals surface area (Å²) in [5.41, 5.74) is -0.0863. The van der Waals surface area contributed by atoms with E-state index in [9.17, 15) is 13.2 Å². The van der Waals surface area contributed by atoms with E-state index in [0.717, 1.165) is 0 Å². The third-order valence-corrected chi connectivity index (χ3v) is 2.73. The van der Waals surface area contributed by atoms with Crippen molar-refractivity contribution in [3.8, 4) is 0 Å². The Morgan fingerprint density at radius 1 is 1.12 bits per heavy atom.